The molecule has 1 aromatic heterocycles. The monoisotopic (exact) mass is 368 g/mol. The van der Waals surface area contributed by atoms with Crippen LogP contribution in [0.3, 0.4) is 0 Å². The average Bonchev–Trinajstić information content (AvgIpc) is 2.97. The summed E-state index contributed by atoms with van der Waals surface area (Å²) in [6, 6.07) is 9.77. The zero-order valence-electron chi connectivity index (χ0n) is 17.0. The molecule has 1 fully saturated rings. The summed E-state index contributed by atoms with van der Waals surface area (Å²) in [4.78, 5) is 15.2. The van der Waals surface area contributed by atoms with Gasteiger partial charge in [0.25, 0.3) is 0 Å². The molecule has 2 aromatic rings. The van der Waals surface area contributed by atoms with Gasteiger partial charge >= 0.3 is 0 Å². The Morgan fingerprint density at radius 1 is 1.30 bits per heavy atom. The van der Waals surface area contributed by atoms with Crippen LogP contribution in [0.25, 0.3) is 5.69 Å². The number of nitrogens with zero attached hydrogens (tertiary/aromatic N) is 2. The van der Waals surface area contributed by atoms with Gasteiger partial charge in [0.05, 0.1) is 12.7 Å². The molecular formula is C22H32N4O. The molecule has 1 aromatic carbocycles. The van der Waals surface area contributed by atoms with Crippen molar-refractivity contribution in [2.24, 2.45) is 5.92 Å². The van der Waals surface area contributed by atoms with E-state index in [0.29, 0.717) is 6.54 Å². The molecule has 27 heavy (non-hydrogen) atoms. The van der Waals surface area contributed by atoms with E-state index in [4.69, 9.17) is 5.73 Å². The number of aryl methyl sites for hydroxylation is 1. The van der Waals surface area contributed by atoms with Crippen LogP contribution in [0.4, 0.5) is 5.69 Å². The number of nitrogens with one attached hydrogen (secondary N) is 1. The van der Waals surface area contributed by atoms with Crippen LogP contribution >= 0.6 is 0 Å². The van der Waals surface area contributed by atoms with Crippen molar-refractivity contribution < 1.29 is 4.79 Å². The molecule has 5 nitrogen and oxygen atoms in total. The summed E-state index contributed by atoms with van der Waals surface area (Å²) < 4.78 is 2.12. The molecule has 146 valence electrons. The number of piperidine rings is 1. The number of anilines is 1. The molecule has 1 saturated heterocycles. The van der Waals surface area contributed by atoms with Gasteiger partial charge in [0.15, 0.2) is 5.78 Å². The van der Waals surface area contributed by atoms with Crippen LogP contribution in [-0.2, 0) is 0 Å². The van der Waals surface area contributed by atoms with Crippen molar-refractivity contribution in [1.29, 1.82) is 0 Å². The number of carbonyl (C=O) groups excluding carboxylic acids is 1. The predicted octanol–water partition coefficient (Wildman–Crippen LogP) is 3.53. The first-order valence-corrected chi connectivity index (χ1v) is 9.92. The number of hydrogen-bond acceptors (Lipinski definition) is 4. The number of likely N-dealkylation sites (N-methyl/N-ethyl adjacent to an activating group) is 1. The summed E-state index contributed by atoms with van der Waals surface area (Å²) in [6.45, 7) is 7.78. The maximum atomic E-state index is 13.0. The van der Waals surface area contributed by atoms with Crippen molar-refractivity contribution in [3.63, 3.8) is 0 Å². The summed E-state index contributed by atoms with van der Waals surface area (Å²) in [5.74, 6) is 0.928. The quantitative estimate of drug-likeness (QED) is 0.605. The second-order valence-electron chi connectivity index (χ2n) is 7.82. The Hall–Kier alpha value is -2.11. The van der Waals surface area contributed by atoms with Gasteiger partial charge in [-0.25, -0.2) is 0 Å². The van der Waals surface area contributed by atoms with Gasteiger partial charge in [-0.2, -0.15) is 0 Å². The van der Waals surface area contributed by atoms with Crippen molar-refractivity contribution in [3.8, 4) is 5.69 Å². The highest BCUT2D eigenvalue weighted by Crippen LogP contribution is 2.24. The Bertz CT molecular complexity index is 793. The maximum absolute atomic E-state index is 13.0. The zero-order valence-corrected chi connectivity index (χ0v) is 17.0. The van der Waals surface area contributed by atoms with E-state index >= 15 is 0 Å². The van der Waals surface area contributed by atoms with Gasteiger partial charge in [0.1, 0.15) is 0 Å². The van der Waals surface area contributed by atoms with E-state index in [1.807, 2.05) is 51.2 Å². The number of hydrogen-bond donors (Lipinski definition) is 2. The first kappa shape index (κ1) is 19.6. The largest absolute Gasteiger partial charge is 0.399 e. The summed E-state index contributed by atoms with van der Waals surface area (Å²) >= 11 is 0. The van der Waals surface area contributed by atoms with Crippen LogP contribution in [0.5, 0.6) is 0 Å². The van der Waals surface area contributed by atoms with Gasteiger partial charge in [-0.15, -0.1) is 0 Å². The molecule has 5 heteroatoms. The summed E-state index contributed by atoms with van der Waals surface area (Å²) in [7, 11) is 2.05. The molecule has 3 rings (SSSR count). The van der Waals surface area contributed by atoms with Crippen LogP contribution in [0.15, 0.2) is 30.3 Å². The minimum absolute atomic E-state index is 0.174. The molecule has 2 unspecified atom stereocenters. The lowest BCUT2D eigenvalue weighted by Crippen LogP contribution is -2.50. The smallest absolute Gasteiger partial charge is 0.178 e. The van der Waals surface area contributed by atoms with Gasteiger partial charge in [0, 0.05) is 28.3 Å². The highest BCUT2D eigenvalue weighted by atomic mass is 16.1. The van der Waals surface area contributed by atoms with Gasteiger partial charge in [0.2, 0.25) is 0 Å². The highest BCUT2D eigenvalue weighted by molar-refractivity contribution is 5.99. The zero-order chi connectivity index (χ0) is 19.6. The Morgan fingerprint density at radius 2 is 2.00 bits per heavy atom. The SMILES string of the molecule is CCC1CCNC(N(C)CC(=O)c2cc(C)n(-c3ccc(N)cc3)c2C)C1. The van der Waals surface area contributed by atoms with Gasteiger partial charge in [-0.3, -0.25) is 9.69 Å². The molecule has 1 aliphatic heterocycles. The molecular weight excluding hydrogens is 336 g/mol. The fourth-order valence-electron chi connectivity index (χ4n) is 4.17. The molecule has 3 N–H and O–H groups in total. The molecule has 1 aliphatic rings. The van der Waals surface area contributed by atoms with E-state index in [2.05, 4.69) is 21.7 Å². The molecule has 0 radical (unpaired) electrons. The Morgan fingerprint density at radius 3 is 2.67 bits per heavy atom. The van der Waals surface area contributed by atoms with E-state index in [-0.39, 0.29) is 11.9 Å². The van der Waals surface area contributed by atoms with Crippen LogP contribution in [0, 0.1) is 19.8 Å². The summed E-state index contributed by atoms with van der Waals surface area (Å²) in [5, 5.41) is 3.56. The van der Waals surface area contributed by atoms with Crippen LogP contribution in [0.2, 0.25) is 0 Å². The lowest BCUT2D eigenvalue weighted by atomic mass is 9.93. The number of ketones is 1. The topological polar surface area (TPSA) is 63.3 Å². The van der Waals surface area contributed by atoms with Gasteiger partial charge in [-0.05, 0) is 76.5 Å². The number of rotatable bonds is 6. The third-order valence-electron chi connectivity index (χ3n) is 5.87. The fourth-order valence-corrected chi connectivity index (χ4v) is 4.17. The van der Waals surface area contributed by atoms with Crippen LogP contribution in [0.1, 0.15) is 47.9 Å². The minimum Gasteiger partial charge on any atom is -0.399 e. The molecule has 0 saturated carbocycles. The Balaban J connectivity index is 1.75. The number of Topliss-reactive ketones (excluding diaryl/α,β-unsaturated/α-hetero) is 1. The van der Waals surface area contributed by atoms with Crippen molar-refractivity contribution in [1.82, 2.24) is 14.8 Å². The van der Waals surface area contributed by atoms with Crippen LogP contribution < -0.4 is 11.1 Å². The Kier molecular flexibility index (Phi) is 6.02. The lowest BCUT2D eigenvalue weighted by Gasteiger charge is -2.35. The van der Waals surface area contributed by atoms with E-state index in [1.54, 1.807) is 0 Å². The second kappa shape index (κ2) is 8.28. The summed E-state index contributed by atoms with van der Waals surface area (Å²) in [6.07, 6.45) is 3.85. The van der Waals surface area contributed by atoms with E-state index < -0.39 is 0 Å². The first-order chi connectivity index (χ1) is 12.9. The number of carbonyl (C=O) groups is 1. The molecule has 2 atom stereocenters. The predicted molar refractivity (Wildman–Crippen MR) is 111 cm³/mol. The average molecular weight is 369 g/mol. The van der Waals surface area contributed by atoms with Gasteiger partial charge in [-0.1, -0.05) is 13.3 Å². The van der Waals surface area contributed by atoms with Crippen LogP contribution in [-0.4, -0.2) is 41.6 Å². The standard InChI is InChI=1S/C22H32N4O/c1-5-17-10-11-24-22(13-17)25(4)14-21(27)20-12-15(2)26(16(20)3)19-8-6-18(23)7-9-19/h6-9,12,17,22,24H,5,10-11,13-14,23H2,1-4H3. The van der Waals surface area contributed by atoms with Crippen molar-refractivity contribution >= 4 is 11.5 Å². The Labute approximate surface area is 162 Å². The van der Waals surface area contributed by atoms with Crippen molar-refractivity contribution in [2.45, 2.75) is 46.2 Å². The maximum Gasteiger partial charge on any atom is 0.178 e. The second-order valence-corrected chi connectivity index (χ2v) is 7.82. The van der Waals surface area contributed by atoms with Gasteiger partial charge < -0.3 is 15.6 Å². The molecule has 0 aliphatic carbocycles. The minimum atomic E-state index is 0.174. The molecule has 0 spiro atoms. The number of nitrogens with two attached hydrogens (primary N) is 1. The fraction of sp³-hybridized carbons (Fsp3) is 0.500. The number of aromatic nitrogens is 1. The third kappa shape index (κ3) is 4.25. The first-order valence-electron chi connectivity index (χ1n) is 9.92. The summed E-state index contributed by atoms with van der Waals surface area (Å²) in [5.41, 5.74) is 10.4. The van der Waals surface area contributed by atoms with Crippen molar-refractivity contribution in [3.05, 3.63) is 47.3 Å². The number of benzene rings is 1. The molecule has 0 bridgehead atoms. The van der Waals surface area contributed by atoms with E-state index in [9.17, 15) is 4.79 Å². The van der Waals surface area contributed by atoms with Crippen molar-refractivity contribution in [2.75, 3.05) is 25.9 Å². The molecule has 2 heterocycles. The third-order valence-corrected chi connectivity index (χ3v) is 5.87. The van der Waals surface area contributed by atoms with E-state index in [1.165, 1.54) is 12.8 Å². The number of nitrogen functional groups attached to an aromatic ring is 1. The van der Waals surface area contributed by atoms with E-state index in [0.717, 1.165) is 47.2 Å². The molecule has 0 amide bonds. The normalized spacial score (nSPS) is 20.2. The highest BCUT2D eigenvalue weighted by Gasteiger charge is 2.26. The lowest BCUT2D eigenvalue weighted by molar-refractivity contribution is 0.0850.